The van der Waals surface area contributed by atoms with Crippen LogP contribution >= 0.6 is 11.8 Å². The summed E-state index contributed by atoms with van der Waals surface area (Å²) in [5.74, 6) is 2.05. The van der Waals surface area contributed by atoms with Crippen molar-refractivity contribution in [1.29, 1.82) is 0 Å². The number of likely N-dealkylation sites (tertiary alicyclic amines) is 1. The number of nitrogens with zero attached hydrogens (tertiary/aromatic N) is 4. The summed E-state index contributed by atoms with van der Waals surface area (Å²) in [5.41, 5.74) is 2.42. The van der Waals surface area contributed by atoms with Crippen molar-refractivity contribution in [3.63, 3.8) is 0 Å². The molecule has 0 saturated carbocycles. The summed E-state index contributed by atoms with van der Waals surface area (Å²) in [5, 5.41) is 9.68. The summed E-state index contributed by atoms with van der Waals surface area (Å²) in [6, 6.07) is 9.26. The van der Waals surface area contributed by atoms with Crippen LogP contribution in [0.2, 0.25) is 0 Å². The molecule has 1 aliphatic rings. The van der Waals surface area contributed by atoms with Crippen LogP contribution in [0.15, 0.2) is 29.4 Å². The first kappa shape index (κ1) is 16.5. The largest absolute Gasteiger partial charge is 0.303 e. The number of aryl methyl sites for hydroxylation is 2. The second-order valence-electron chi connectivity index (χ2n) is 6.47. The molecule has 1 saturated heterocycles. The topological polar surface area (TPSA) is 34.0 Å². The zero-order valence-corrected chi connectivity index (χ0v) is 15.1. The van der Waals surface area contributed by atoms with Gasteiger partial charge in [0.25, 0.3) is 0 Å². The van der Waals surface area contributed by atoms with E-state index in [2.05, 4.69) is 57.9 Å². The molecule has 1 atom stereocenters. The first-order valence-corrected chi connectivity index (χ1v) is 9.46. The standard InChI is InChI=1S/C18H26N4S/c1-14-7-6-9-17(13-14)22-15(2)19-20-18(22)23-12-10-16-8-4-5-11-21(16)3/h6-7,9,13,16H,4-5,8,10-12H2,1-3H3/t16-/m1/s1. The van der Waals surface area contributed by atoms with Gasteiger partial charge in [-0.3, -0.25) is 4.57 Å². The smallest absolute Gasteiger partial charge is 0.195 e. The van der Waals surface area contributed by atoms with E-state index in [4.69, 9.17) is 0 Å². The molecule has 1 aromatic heterocycles. The van der Waals surface area contributed by atoms with E-state index in [1.54, 1.807) is 0 Å². The number of hydrogen-bond donors (Lipinski definition) is 0. The van der Waals surface area contributed by atoms with Crippen LogP contribution in [0, 0.1) is 13.8 Å². The molecule has 1 fully saturated rings. The van der Waals surface area contributed by atoms with E-state index in [0.717, 1.165) is 28.5 Å². The third-order valence-corrected chi connectivity index (χ3v) is 5.62. The Morgan fingerprint density at radius 2 is 2.09 bits per heavy atom. The molecule has 0 radical (unpaired) electrons. The normalized spacial score (nSPS) is 19.2. The van der Waals surface area contributed by atoms with Crippen LogP contribution < -0.4 is 0 Å². The maximum atomic E-state index is 4.39. The van der Waals surface area contributed by atoms with Gasteiger partial charge in [-0.2, -0.15) is 0 Å². The SMILES string of the molecule is Cc1cccc(-n2c(C)nnc2SCC[C@H]2CCCCN2C)c1. The molecule has 0 spiro atoms. The number of rotatable bonds is 5. The van der Waals surface area contributed by atoms with Gasteiger partial charge in [0.05, 0.1) is 0 Å². The van der Waals surface area contributed by atoms with Crippen molar-refractivity contribution in [2.45, 2.75) is 50.7 Å². The summed E-state index contributed by atoms with van der Waals surface area (Å²) in [7, 11) is 2.26. The summed E-state index contributed by atoms with van der Waals surface area (Å²) in [6.45, 7) is 5.39. The van der Waals surface area contributed by atoms with E-state index in [0.29, 0.717) is 0 Å². The minimum atomic E-state index is 0.729. The predicted molar refractivity (Wildman–Crippen MR) is 96.4 cm³/mol. The lowest BCUT2D eigenvalue weighted by Crippen LogP contribution is -2.36. The summed E-state index contributed by atoms with van der Waals surface area (Å²) >= 11 is 1.83. The molecule has 0 amide bonds. The molecule has 23 heavy (non-hydrogen) atoms. The van der Waals surface area contributed by atoms with E-state index in [1.807, 2.05) is 18.7 Å². The van der Waals surface area contributed by atoms with Crippen LogP contribution in [0.25, 0.3) is 5.69 Å². The van der Waals surface area contributed by atoms with Crippen LogP contribution in [0.5, 0.6) is 0 Å². The molecular weight excluding hydrogens is 304 g/mol. The van der Waals surface area contributed by atoms with Gasteiger partial charge >= 0.3 is 0 Å². The van der Waals surface area contributed by atoms with Gasteiger partial charge in [0, 0.05) is 17.5 Å². The Hall–Kier alpha value is -1.33. The number of thioether (sulfide) groups is 1. The van der Waals surface area contributed by atoms with Crippen molar-refractivity contribution >= 4 is 11.8 Å². The van der Waals surface area contributed by atoms with E-state index < -0.39 is 0 Å². The van der Waals surface area contributed by atoms with Gasteiger partial charge in [0.1, 0.15) is 5.82 Å². The first-order valence-electron chi connectivity index (χ1n) is 8.47. The molecule has 0 aliphatic carbocycles. The van der Waals surface area contributed by atoms with Crippen molar-refractivity contribution in [3.05, 3.63) is 35.7 Å². The highest BCUT2D eigenvalue weighted by Crippen LogP contribution is 2.25. The van der Waals surface area contributed by atoms with Gasteiger partial charge in [0.15, 0.2) is 5.16 Å². The minimum absolute atomic E-state index is 0.729. The molecule has 2 aromatic rings. The summed E-state index contributed by atoms with van der Waals surface area (Å²) in [6.07, 6.45) is 5.28. The van der Waals surface area contributed by atoms with Gasteiger partial charge in [-0.25, -0.2) is 0 Å². The van der Waals surface area contributed by atoms with Crippen LogP contribution in [0.3, 0.4) is 0 Å². The quantitative estimate of drug-likeness (QED) is 0.780. The number of aromatic nitrogens is 3. The Morgan fingerprint density at radius 3 is 2.87 bits per heavy atom. The average molecular weight is 331 g/mol. The first-order chi connectivity index (χ1) is 11.1. The lowest BCUT2D eigenvalue weighted by atomic mass is 10.0. The molecule has 0 N–H and O–H groups in total. The fraction of sp³-hybridized carbons (Fsp3) is 0.556. The number of piperidine rings is 1. The fourth-order valence-electron chi connectivity index (χ4n) is 3.30. The Labute approximate surface area is 143 Å². The van der Waals surface area contributed by atoms with Crippen molar-refractivity contribution in [1.82, 2.24) is 19.7 Å². The fourth-order valence-corrected chi connectivity index (χ4v) is 4.33. The number of hydrogen-bond acceptors (Lipinski definition) is 4. The molecule has 124 valence electrons. The third kappa shape index (κ3) is 3.96. The minimum Gasteiger partial charge on any atom is -0.303 e. The van der Waals surface area contributed by atoms with Gasteiger partial charge in [0.2, 0.25) is 0 Å². The average Bonchev–Trinajstić information content (AvgIpc) is 2.90. The lowest BCUT2D eigenvalue weighted by Gasteiger charge is -2.32. The second-order valence-corrected chi connectivity index (χ2v) is 7.53. The molecular formula is C18H26N4S. The van der Waals surface area contributed by atoms with Crippen molar-refractivity contribution in [2.75, 3.05) is 19.3 Å². The molecule has 4 nitrogen and oxygen atoms in total. The second kappa shape index (κ2) is 7.49. The maximum absolute atomic E-state index is 4.39. The maximum Gasteiger partial charge on any atom is 0.195 e. The van der Waals surface area contributed by atoms with E-state index in [1.165, 1.54) is 37.8 Å². The van der Waals surface area contributed by atoms with Crippen LogP contribution in [-0.4, -0.2) is 45.1 Å². The number of benzene rings is 1. The Kier molecular flexibility index (Phi) is 5.38. The summed E-state index contributed by atoms with van der Waals surface area (Å²) < 4.78 is 2.17. The summed E-state index contributed by atoms with van der Waals surface area (Å²) in [4.78, 5) is 2.51. The zero-order valence-electron chi connectivity index (χ0n) is 14.3. The van der Waals surface area contributed by atoms with Gasteiger partial charge in [-0.05, 0) is 64.4 Å². The van der Waals surface area contributed by atoms with E-state index >= 15 is 0 Å². The highest BCUT2D eigenvalue weighted by Gasteiger charge is 2.19. The van der Waals surface area contributed by atoms with Crippen molar-refractivity contribution < 1.29 is 0 Å². The molecule has 0 unspecified atom stereocenters. The highest BCUT2D eigenvalue weighted by atomic mass is 32.2. The lowest BCUT2D eigenvalue weighted by molar-refractivity contribution is 0.182. The van der Waals surface area contributed by atoms with Crippen LogP contribution in [0.1, 0.15) is 37.1 Å². The molecule has 3 rings (SSSR count). The molecule has 1 aromatic carbocycles. The van der Waals surface area contributed by atoms with Crippen molar-refractivity contribution in [3.8, 4) is 5.69 Å². The van der Waals surface area contributed by atoms with E-state index in [-0.39, 0.29) is 0 Å². The van der Waals surface area contributed by atoms with Gasteiger partial charge in [-0.15, -0.1) is 10.2 Å². The Balaban J connectivity index is 1.67. The van der Waals surface area contributed by atoms with E-state index in [9.17, 15) is 0 Å². The Morgan fingerprint density at radius 1 is 1.22 bits per heavy atom. The zero-order chi connectivity index (χ0) is 16.2. The molecule has 1 aliphatic heterocycles. The van der Waals surface area contributed by atoms with Gasteiger partial charge < -0.3 is 4.90 Å². The highest BCUT2D eigenvalue weighted by molar-refractivity contribution is 7.99. The van der Waals surface area contributed by atoms with Crippen LogP contribution in [-0.2, 0) is 0 Å². The predicted octanol–water partition coefficient (Wildman–Crippen LogP) is 3.85. The monoisotopic (exact) mass is 330 g/mol. The molecule has 0 bridgehead atoms. The van der Waals surface area contributed by atoms with Gasteiger partial charge in [-0.1, -0.05) is 30.3 Å². The molecule has 2 heterocycles. The third-order valence-electron chi connectivity index (χ3n) is 4.66. The molecule has 5 heteroatoms. The Bertz CT molecular complexity index is 652. The van der Waals surface area contributed by atoms with Crippen molar-refractivity contribution in [2.24, 2.45) is 0 Å². The van der Waals surface area contributed by atoms with Crippen LogP contribution in [0.4, 0.5) is 0 Å².